The molecule has 76 valence electrons. The molecule has 2 nitrogen and oxygen atoms in total. The zero-order valence-electron chi connectivity index (χ0n) is 8.47. The molecule has 0 N–H and O–H groups in total. The van der Waals surface area contributed by atoms with E-state index < -0.39 is 12.3 Å². The molecule has 1 fully saturated rings. The summed E-state index contributed by atoms with van der Waals surface area (Å²) in [6, 6.07) is 0. The van der Waals surface area contributed by atoms with Gasteiger partial charge in [-0.15, -0.1) is 0 Å². The first-order valence-electron chi connectivity index (χ1n) is 4.73. The molecule has 0 saturated carbocycles. The van der Waals surface area contributed by atoms with Gasteiger partial charge < -0.3 is 4.74 Å². The van der Waals surface area contributed by atoms with Crippen molar-refractivity contribution in [2.24, 2.45) is 11.3 Å². The van der Waals surface area contributed by atoms with Gasteiger partial charge in [0.25, 0.3) is 0 Å². The van der Waals surface area contributed by atoms with Crippen LogP contribution < -0.4 is 0 Å². The Balaban J connectivity index is 2.63. The van der Waals surface area contributed by atoms with Crippen LogP contribution in [-0.2, 0) is 9.53 Å². The Kier molecular flexibility index (Phi) is 2.94. The molecule has 13 heavy (non-hydrogen) atoms. The van der Waals surface area contributed by atoms with Gasteiger partial charge in [0, 0.05) is 12.8 Å². The molecule has 0 radical (unpaired) electrons. The lowest BCUT2D eigenvalue weighted by Gasteiger charge is -2.29. The fraction of sp³-hybridized carbons (Fsp3) is 0.900. The second-order valence-corrected chi connectivity index (χ2v) is 4.74. The molecule has 0 spiro atoms. The first-order valence-corrected chi connectivity index (χ1v) is 4.73. The molecule has 0 aromatic carbocycles. The fourth-order valence-electron chi connectivity index (χ4n) is 1.67. The van der Waals surface area contributed by atoms with Crippen molar-refractivity contribution in [3.63, 3.8) is 0 Å². The highest BCUT2D eigenvalue weighted by molar-refractivity contribution is 5.69. The van der Waals surface area contributed by atoms with Gasteiger partial charge in [0.15, 0.2) is 0 Å². The number of esters is 1. The SMILES string of the molecule is CC(C)(C)[C@H]1CCC(=O)O[C@H](F)C1. The van der Waals surface area contributed by atoms with Gasteiger partial charge in [0.1, 0.15) is 0 Å². The zero-order chi connectivity index (χ0) is 10.1. The molecule has 0 amide bonds. The third-order valence-corrected chi connectivity index (χ3v) is 2.65. The Morgan fingerprint density at radius 2 is 2.08 bits per heavy atom. The van der Waals surface area contributed by atoms with Gasteiger partial charge in [-0.1, -0.05) is 20.8 Å². The van der Waals surface area contributed by atoms with Gasteiger partial charge in [0.05, 0.1) is 0 Å². The predicted octanol–water partition coefficient (Wildman–Crippen LogP) is 2.67. The van der Waals surface area contributed by atoms with Crippen LogP contribution in [0.5, 0.6) is 0 Å². The molecular formula is C10H17FO2. The number of alkyl halides is 1. The molecule has 2 atom stereocenters. The van der Waals surface area contributed by atoms with Crippen molar-refractivity contribution in [1.29, 1.82) is 0 Å². The highest BCUT2D eigenvalue weighted by atomic mass is 19.1. The minimum atomic E-state index is -1.40. The lowest BCUT2D eigenvalue weighted by Crippen LogP contribution is -2.22. The first-order chi connectivity index (χ1) is 5.89. The van der Waals surface area contributed by atoms with Crippen LogP contribution >= 0.6 is 0 Å². The quantitative estimate of drug-likeness (QED) is 0.546. The van der Waals surface area contributed by atoms with Crippen molar-refractivity contribution < 1.29 is 13.9 Å². The number of carbonyl (C=O) groups is 1. The summed E-state index contributed by atoms with van der Waals surface area (Å²) >= 11 is 0. The highest BCUT2D eigenvalue weighted by Crippen LogP contribution is 2.36. The standard InChI is InChI=1S/C10H17FO2/c1-10(2,3)7-4-5-9(12)13-8(11)6-7/h7-8H,4-6H2,1-3H3/t7-,8-/m0/s1. The maximum Gasteiger partial charge on any atom is 0.308 e. The molecule has 1 aliphatic heterocycles. The summed E-state index contributed by atoms with van der Waals surface area (Å²) in [5, 5.41) is 0. The summed E-state index contributed by atoms with van der Waals surface area (Å²) in [4.78, 5) is 10.9. The number of hydrogen-bond acceptors (Lipinski definition) is 2. The molecule has 0 bridgehead atoms. The van der Waals surface area contributed by atoms with Crippen LogP contribution in [0.3, 0.4) is 0 Å². The monoisotopic (exact) mass is 188 g/mol. The lowest BCUT2D eigenvalue weighted by molar-refractivity contribution is -0.156. The Hall–Kier alpha value is -0.600. The largest absolute Gasteiger partial charge is 0.431 e. The summed E-state index contributed by atoms with van der Waals surface area (Å²) in [6.07, 6.45) is 0.0274. The maximum atomic E-state index is 13.0. The van der Waals surface area contributed by atoms with Crippen LogP contribution in [0.2, 0.25) is 0 Å². The minimum absolute atomic E-state index is 0.0539. The van der Waals surface area contributed by atoms with E-state index in [9.17, 15) is 9.18 Å². The van der Waals surface area contributed by atoms with Crippen molar-refractivity contribution >= 4 is 5.97 Å². The molecule has 0 aliphatic carbocycles. The Morgan fingerprint density at radius 3 is 2.62 bits per heavy atom. The van der Waals surface area contributed by atoms with Crippen LogP contribution in [0.25, 0.3) is 0 Å². The third-order valence-electron chi connectivity index (χ3n) is 2.65. The van der Waals surface area contributed by atoms with Gasteiger partial charge in [-0.25, -0.2) is 4.39 Å². The summed E-state index contributed by atoms with van der Waals surface area (Å²) < 4.78 is 17.6. The number of rotatable bonds is 0. The van der Waals surface area contributed by atoms with Gasteiger partial charge in [-0.05, 0) is 17.8 Å². The van der Waals surface area contributed by atoms with Crippen molar-refractivity contribution in [3.05, 3.63) is 0 Å². The first kappa shape index (κ1) is 10.5. The van der Waals surface area contributed by atoms with Crippen LogP contribution in [0.4, 0.5) is 4.39 Å². The Labute approximate surface area is 78.5 Å². The molecule has 0 aromatic heterocycles. The van der Waals surface area contributed by atoms with E-state index in [1.807, 2.05) is 0 Å². The van der Waals surface area contributed by atoms with E-state index in [0.29, 0.717) is 12.8 Å². The molecule has 1 aliphatic rings. The minimum Gasteiger partial charge on any atom is -0.431 e. The Morgan fingerprint density at radius 1 is 1.46 bits per heavy atom. The average Bonchev–Trinajstić information content (AvgIpc) is 2.09. The summed E-state index contributed by atoms with van der Waals surface area (Å²) in [5.41, 5.74) is 0.0539. The normalized spacial score (nSPS) is 30.9. The topological polar surface area (TPSA) is 26.3 Å². The van der Waals surface area contributed by atoms with Gasteiger partial charge in [0.2, 0.25) is 6.36 Å². The molecule has 1 saturated heterocycles. The summed E-state index contributed by atoms with van der Waals surface area (Å²) in [5.74, 6) is -0.173. The molecule has 1 heterocycles. The maximum absolute atomic E-state index is 13.0. The molecule has 0 unspecified atom stereocenters. The number of halogens is 1. The summed E-state index contributed by atoms with van der Waals surface area (Å²) in [7, 11) is 0. The van der Waals surface area contributed by atoms with E-state index in [1.54, 1.807) is 0 Å². The third kappa shape index (κ3) is 2.98. The molecular weight excluding hydrogens is 171 g/mol. The van der Waals surface area contributed by atoms with E-state index >= 15 is 0 Å². The second kappa shape index (κ2) is 3.64. The van der Waals surface area contributed by atoms with Crippen LogP contribution in [0.15, 0.2) is 0 Å². The van der Waals surface area contributed by atoms with Gasteiger partial charge in [-0.2, -0.15) is 0 Å². The molecule has 3 heteroatoms. The smallest absolute Gasteiger partial charge is 0.308 e. The van der Waals surface area contributed by atoms with Crippen molar-refractivity contribution in [3.8, 4) is 0 Å². The van der Waals surface area contributed by atoms with E-state index in [0.717, 1.165) is 6.42 Å². The van der Waals surface area contributed by atoms with Crippen LogP contribution in [0.1, 0.15) is 40.0 Å². The highest BCUT2D eigenvalue weighted by Gasteiger charge is 2.32. The van der Waals surface area contributed by atoms with Crippen molar-refractivity contribution in [2.45, 2.75) is 46.4 Å². The number of hydrogen-bond donors (Lipinski definition) is 0. The van der Waals surface area contributed by atoms with Crippen LogP contribution in [0, 0.1) is 11.3 Å². The second-order valence-electron chi connectivity index (χ2n) is 4.74. The number of ether oxygens (including phenoxy) is 1. The van der Waals surface area contributed by atoms with E-state index in [1.165, 1.54) is 0 Å². The molecule has 1 rings (SSSR count). The van der Waals surface area contributed by atoms with E-state index in [-0.39, 0.29) is 11.3 Å². The average molecular weight is 188 g/mol. The van der Waals surface area contributed by atoms with Crippen LogP contribution in [-0.4, -0.2) is 12.3 Å². The Bertz CT molecular complexity index is 196. The zero-order valence-corrected chi connectivity index (χ0v) is 8.47. The van der Waals surface area contributed by atoms with Crippen molar-refractivity contribution in [2.75, 3.05) is 0 Å². The van der Waals surface area contributed by atoms with E-state index in [2.05, 4.69) is 25.5 Å². The number of cyclic esters (lactones) is 1. The van der Waals surface area contributed by atoms with Gasteiger partial charge >= 0.3 is 5.97 Å². The van der Waals surface area contributed by atoms with Gasteiger partial charge in [-0.3, -0.25) is 4.79 Å². The summed E-state index contributed by atoms with van der Waals surface area (Å²) in [6.45, 7) is 6.21. The predicted molar refractivity (Wildman–Crippen MR) is 47.8 cm³/mol. The van der Waals surface area contributed by atoms with Crippen molar-refractivity contribution in [1.82, 2.24) is 0 Å². The van der Waals surface area contributed by atoms with E-state index in [4.69, 9.17) is 0 Å². The number of carbonyl (C=O) groups excluding carboxylic acids is 1. The molecule has 0 aromatic rings. The lowest BCUT2D eigenvalue weighted by atomic mass is 9.76. The fourth-order valence-corrected chi connectivity index (χ4v) is 1.67.